The Labute approximate surface area is 117 Å². The second kappa shape index (κ2) is 6.18. The number of nitrogens with one attached hydrogen (secondary N) is 1. The van der Waals surface area contributed by atoms with Crippen LogP contribution < -0.4 is 5.32 Å². The molecule has 0 bridgehead atoms. The molecule has 0 radical (unpaired) electrons. The summed E-state index contributed by atoms with van der Waals surface area (Å²) < 4.78 is 0. The number of urea groups is 1. The number of hydrogen-bond acceptors (Lipinski definition) is 3. The first-order valence-electron chi connectivity index (χ1n) is 6.43. The lowest BCUT2D eigenvalue weighted by atomic mass is 10.1. The van der Waals surface area contributed by atoms with Crippen LogP contribution in [0.5, 0.6) is 0 Å². The number of carboxylic acid groups (broad SMARTS) is 1. The normalized spacial score (nSPS) is 14.7. The molecule has 6 nitrogen and oxygen atoms in total. The summed E-state index contributed by atoms with van der Waals surface area (Å²) in [7, 11) is 0. The minimum Gasteiger partial charge on any atom is -0.481 e. The molecule has 2 heterocycles. The van der Waals surface area contributed by atoms with Gasteiger partial charge >= 0.3 is 12.0 Å². The summed E-state index contributed by atoms with van der Waals surface area (Å²) in [6, 6.07) is 3.10. The number of rotatable bonds is 3. The van der Waals surface area contributed by atoms with Gasteiger partial charge in [-0.3, -0.25) is 9.78 Å². The van der Waals surface area contributed by atoms with Gasteiger partial charge in [-0.2, -0.15) is 0 Å². The smallest absolute Gasteiger partial charge is 0.322 e. The summed E-state index contributed by atoms with van der Waals surface area (Å²) in [6.07, 6.45) is 4.28. The van der Waals surface area contributed by atoms with Crippen LogP contribution in [0.2, 0.25) is 0 Å². The molecular weight excluding hydrogens is 258 g/mol. The lowest BCUT2D eigenvalue weighted by molar-refractivity contribution is -0.136. The molecule has 1 aliphatic rings. The van der Waals surface area contributed by atoms with Crippen LogP contribution in [0.4, 0.5) is 10.5 Å². The van der Waals surface area contributed by atoms with E-state index in [9.17, 15) is 9.59 Å². The Hall–Kier alpha value is -2.37. The number of amides is 2. The third-order valence-electron chi connectivity index (χ3n) is 3.13. The van der Waals surface area contributed by atoms with Crippen molar-refractivity contribution < 1.29 is 14.7 Å². The molecule has 6 heteroatoms. The van der Waals surface area contributed by atoms with E-state index >= 15 is 0 Å². The molecule has 0 saturated heterocycles. The highest BCUT2D eigenvalue weighted by Gasteiger charge is 2.15. The molecule has 20 heavy (non-hydrogen) atoms. The lowest BCUT2D eigenvalue weighted by Gasteiger charge is -2.25. The second-order valence-corrected chi connectivity index (χ2v) is 4.79. The van der Waals surface area contributed by atoms with Crippen LogP contribution >= 0.6 is 0 Å². The average Bonchev–Trinajstić information content (AvgIpc) is 2.41. The number of carbonyl (C=O) groups is 2. The van der Waals surface area contributed by atoms with Crippen molar-refractivity contribution in [2.45, 2.75) is 19.8 Å². The van der Waals surface area contributed by atoms with E-state index in [1.165, 1.54) is 11.8 Å². The van der Waals surface area contributed by atoms with Crippen molar-refractivity contribution in [1.29, 1.82) is 0 Å². The van der Waals surface area contributed by atoms with Crippen LogP contribution in [-0.2, 0) is 11.2 Å². The van der Waals surface area contributed by atoms with Crippen molar-refractivity contribution in [1.82, 2.24) is 9.88 Å². The summed E-state index contributed by atoms with van der Waals surface area (Å²) in [4.78, 5) is 28.3. The van der Waals surface area contributed by atoms with Gasteiger partial charge < -0.3 is 15.3 Å². The maximum absolute atomic E-state index is 12.0. The van der Waals surface area contributed by atoms with Gasteiger partial charge in [0.25, 0.3) is 0 Å². The summed E-state index contributed by atoms with van der Waals surface area (Å²) in [6.45, 7) is 3.38. The van der Waals surface area contributed by atoms with Crippen LogP contribution in [0.1, 0.15) is 19.0 Å². The summed E-state index contributed by atoms with van der Waals surface area (Å²) >= 11 is 0. The Morgan fingerprint density at radius 3 is 2.80 bits per heavy atom. The number of aromatic nitrogens is 1. The molecule has 1 aromatic heterocycles. The Kier molecular flexibility index (Phi) is 4.34. The molecule has 2 rings (SSSR count). The highest BCUT2D eigenvalue weighted by Crippen LogP contribution is 2.12. The fourth-order valence-electron chi connectivity index (χ4n) is 1.92. The first kappa shape index (κ1) is 14.0. The Bertz CT molecular complexity index is 537. The topological polar surface area (TPSA) is 82.5 Å². The van der Waals surface area contributed by atoms with Crippen molar-refractivity contribution in [3.63, 3.8) is 0 Å². The number of carbonyl (C=O) groups excluding carboxylic acids is 1. The Morgan fingerprint density at radius 1 is 1.45 bits per heavy atom. The monoisotopic (exact) mass is 275 g/mol. The largest absolute Gasteiger partial charge is 0.481 e. The summed E-state index contributed by atoms with van der Waals surface area (Å²) in [5.74, 6) is -0.926. The minimum absolute atomic E-state index is 0.121. The van der Waals surface area contributed by atoms with Crippen molar-refractivity contribution in [2.24, 2.45) is 0 Å². The van der Waals surface area contributed by atoms with E-state index in [2.05, 4.69) is 17.2 Å². The zero-order valence-electron chi connectivity index (χ0n) is 11.3. The van der Waals surface area contributed by atoms with Gasteiger partial charge in [-0.05, 0) is 25.5 Å². The van der Waals surface area contributed by atoms with Gasteiger partial charge in [-0.1, -0.05) is 11.6 Å². The van der Waals surface area contributed by atoms with Gasteiger partial charge in [-0.25, -0.2) is 4.79 Å². The molecule has 2 amide bonds. The third-order valence-corrected chi connectivity index (χ3v) is 3.13. The van der Waals surface area contributed by atoms with Gasteiger partial charge in [0.05, 0.1) is 24.0 Å². The fourth-order valence-corrected chi connectivity index (χ4v) is 1.92. The zero-order valence-corrected chi connectivity index (χ0v) is 11.3. The summed E-state index contributed by atoms with van der Waals surface area (Å²) in [5.41, 5.74) is 2.33. The number of hydrogen-bond donors (Lipinski definition) is 2. The zero-order chi connectivity index (χ0) is 14.5. The van der Waals surface area contributed by atoms with Crippen LogP contribution in [-0.4, -0.2) is 40.1 Å². The molecule has 0 atom stereocenters. The molecule has 106 valence electrons. The van der Waals surface area contributed by atoms with E-state index in [1.54, 1.807) is 17.0 Å². The number of pyridine rings is 1. The first-order chi connectivity index (χ1) is 9.54. The van der Waals surface area contributed by atoms with Crippen LogP contribution in [0.15, 0.2) is 30.0 Å². The first-order valence-corrected chi connectivity index (χ1v) is 6.43. The molecule has 0 aliphatic carbocycles. The van der Waals surface area contributed by atoms with Crippen LogP contribution in [0.25, 0.3) is 0 Å². The van der Waals surface area contributed by atoms with Gasteiger partial charge in [0.1, 0.15) is 0 Å². The van der Waals surface area contributed by atoms with E-state index in [4.69, 9.17) is 5.11 Å². The number of nitrogens with zero attached hydrogens (tertiary/aromatic N) is 2. The van der Waals surface area contributed by atoms with Gasteiger partial charge in [0.2, 0.25) is 0 Å². The van der Waals surface area contributed by atoms with E-state index in [0.29, 0.717) is 24.5 Å². The number of carboxylic acids is 1. The van der Waals surface area contributed by atoms with Crippen LogP contribution in [0.3, 0.4) is 0 Å². The number of aliphatic carboxylic acids is 1. The molecule has 0 spiro atoms. The molecule has 1 aliphatic heterocycles. The molecule has 1 aromatic rings. The fraction of sp³-hybridized carbons (Fsp3) is 0.357. The van der Waals surface area contributed by atoms with E-state index in [0.717, 1.165) is 6.42 Å². The highest BCUT2D eigenvalue weighted by molar-refractivity contribution is 5.89. The van der Waals surface area contributed by atoms with Gasteiger partial charge in [-0.15, -0.1) is 0 Å². The van der Waals surface area contributed by atoms with Crippen molar-refractivity contribution in [2.75, 3.05) is 18.4 Å². The lowest BCUT2D eigenvalue weighted by Crippen LogP contribution is -2.37. The van der Waals surface area contributed by atoms with E-state index < -0.39 is 5.97 Å². The molecule has 0 unspecified atom stereocenters. The Balaban J connectivity index is 1.93. The van der Waals surface area contributed by atoms with Crippen molar-refractivity contribution in [3.8, 4) is 0 Å². The van der Waals surface area contributed by atoms with Crippen molar-refractivity contribution in [3.05, 3.63) is 35.7 Å². The molecule has 0 saturated carbocycles. The SMILES string of the molecule is CC1=CCN(C(=O)Nc2ccc(CC(=O)O)nc2)CC1. The third kappa shape index (κ3) is 3.81. The van der Waals surface area contributed by atoms with Gasteiger partial charge in [0.15, 0.2) is 0 Å². The van der Waals surface area contributed by atoms with Gasteiger partial charge in [0, 0.05) is 13.1 Å². The standard InChI is InChI=1S/C14H17N3O3/c1-10-4-6-17(7-5-10)14(20)16-12-3-2-11(15-9-12)8-13(18)19/h2-4,9H,5-8H2,1H3,(H,16,20)(H,18,19). The maximum atomic E-state index is 12.0. The van der Waals surface area contributed by atoms with E-state index in [1.807, 2.05) is 6.08 Å². The molecular formula is C14H17N3O3. The average molecular weight is 275 g/mol. The molecule has 2 N–H and O–H groups in total. The van der Waals surface area contributed by atoms with Crippen molar-refractivity contribution >= 4 is 17.7 Å². The maximum Gasteiger partial charge on any atom is 0.322 e. The predicted octanol–water partition coefficient (Wildman–Crippen LogP) is 1.89. The predicted molar refractivity (Wildman–Crippen MR) is 74.5 cm³/mol. The minimum atomic E-state index is -0.926. The molecule has 0 fully saturated rings. The number of anilines is 1. The molecule has 0 aromatic carbocycles. The summed E-state index contributed by atoms with van der Waals surface area (Å²) in [5, 5.41) is 11.4. The highest BCUT2D eigenvalue weighted by atomic mass is 16.4. The van der Waals surface area contributed by atoms with E-state index in [-0.39, 0.29) is 12.5 Å². The Morgan fingerprint density at radius 2 is 2.25 bits per heavy atom. The quantitative estimate of drug-likeness (QED) is 0.825. The van der Waals surface area contributed by atoms with Crippen LogP contribution in [0, 0.1) is 0 Å². The second-order valence-electron chi connectivity index (χ2n) is 4.79.